The topological polar surface area (TPSA) is 70.1 Å². The van der Waals surface area contributed by atoms with Gasteiger partial charge >= 0.3 is 0 Å². The molecule has 0 radical (unpaired) electrons. The highest BCUT2D eigenvalue weighted by atomic mass is 35.5. The number of benzene rings is 2. The number of halogens is 1. The largest absolute Gasteiger partial charge is 0.507 e. The molecule has 1 unspecified atom stereocenters. The number of ether oxygens (including phenoxy) is 1. The lowest BCUT2D eigenvalue weighted by atomic mass is 9.95. The number of Topliss-reactive ketones (excluding diaryl/α,β-unsaturated/α-hetero) is 1. The van der Waals surface area contributed by atoms with Gasteiger partial charge in [-0.2, -0.15) is 0 Å². The number of aliphatic hydroxyl groups excluding tert-OH is 1. The number of nitrogens with zero attached hydrogens (tertiary/aromatic N) is 2. The predicted molar refractivity (Wildman–Crippen MR) is 140 cm³/mol. The first-order valence-electron chi connectivity index (χ1n) is 12.4. The molecule has 1 aliphatic rings. The lowest BCUT2D eigenvalue weighted by Crippen LogP contribution is -2.38. The van der Waals surface area contributed by atoms with Crippen LogP contribution in [0.2, 0.25) is 5.02 Å². The van der Waals surface area contributed by atoms with Gasteiger partial charge in [-0.05, 0) is 61.5 Å². The minimum Gasteiger partial charge on any atom is -0.507 e. The van der Waals surface area contributed by atoms with Gasteiger partial charge in [-0.3, -0.25) is 9.59 Å². The summed E-state index contributed by atoms with van der Waals surface area (Å²) in [6.45, 7) is 9.60. The minimum absolute atomic E-state index is 0.0912. The summed E-state index contributed by atoms with van der Waals surface area (Å²) in [6.07, 6.45) is 3.21. The Hall–Kier alpha value is -2.83. The van der Waals surface area contributed by atoms with Gasteiger partial charge in [0.15, 0.2) is 0 Å². The van der Waals surface area contributed by atoms with Crippen LogP contribution in [0.3, 0.4) is 0 Å². The Kier molecular flexibility index (Phi) is 9.75. The van der Waals surface area contributed by atoms with Crippen molar-refractivity contribution in [1.29, 1.82) is 0 Å². The maximum Gasteiger partial charge on any atom is 0.295 e. The van der Waals surface area contributed by atoms with Crippen molar-refractivity contribution in [3.05, 3.63) is 70.3 Å². The maximum absolute atomic E-state index is 13.2. The Morgan fingerprint density at radius 2 is 1.66 bits per heavy atom. The van der Waals surface area contributed by atoms with E-state index in [1.54, 1.807) is 53.4 Å². The van der Waals surface area contributed by atoms with E-state index in [0.717, 1.165) is 37.9 Å². The summed E-state index contributed by atoms with van der Waals surface area (Å²) < 4.78 is 5.76. The average molecular weight is 499 g/mol. The Labute approximate surface area is 213 Å². The second-order valence-corrected chi connectivity index (χ2v) is 9.09. The number of likely N-dealkylation sites (tertiary alicyclic amines) is 1. The molecular weight excluding hydrogens is 464 g/mol. The van der Waals surface area contributed by atoms with Gasteiger partial charge in [-0.15, -0.1) is 0 Å². The molecular formula is C28H35ClN2O4. The van der Waals surface area contributed by atoms with Crippen molar-refractivity contribution in [2.24, 2.45) is 0 Å². The van der Waals surface area contributed by atoms with Crippen LogP contribution in [0.15, 0.2) is 54.1 Å². The van der Waals surface area contributed by atoms with Crippen molar-refractivity contribution in [3.63, 3.8) is 0 Å². The highest BCUT2D eigenvalue weighted by Gasteiger charge is 2.45. The lowest BCUT2D eigenvalue weighted by molar-refractivity contribution is -0.140. The van der Waals surface area contributed by atoms with Crippen LogP contribution >= 0.6 is 11.6 Å². The zero-order valence-corrected chi connectivity index (χ0v) is 21.6. The van der Waals surface area contributed by atoms with Crippen LogP contribution in [0.25, 0.3) is 5.76 Å². The molecule has 35 heavy (non-hydrogen) atoms. The third-order valence-electron chi connectivity index (χ3n) is 6.42. The van der Waals surface area contributed by atoms with E-state index in [9.17, 15) is 14.7 Å². The van der Waals surface area contributed by atoms with E-state index in [-0.39, 0.29) is 11.3 Å². The summed E-state index contributed by atoms with van der Waals surface area (Å²) in [7, 11) is 0. The predicted octanol–water partition coefficient (Wildman–Crippen LogP) is 5.67. The van der Waals surface area contributed by atoms with E-state index in [2.05, 4.69) is 25.7 Å². The molecule has 0 saturated carbocycles. The number of unbranched alkanes of at least 4 members (excludes halogenated alkanes) is 2. The van der Waals surface area contributed by atoms with Gasteiger partial charge in [0, 0.05) is 23.7 Å². The zero-order valence-electron chi connectivity index (χ0n) is 20.8. The molecule has 0 spiro atoms. The fourth-order valence-corrected chi connectivity index (χ4v) is 4.42. The number of carbonyl (C=O) groups excluding carboxylic acids is 2. The molecule has 0 aliphatic carbocycles. The number of carbonyl (C=O) groups is 2. The highest BCUT2D eigenvalue weighted by Crippen LogP contribution is 2.39. The highest BCUT2D eigenvalue weighted by molar-refractivity contribution is 6.46. The number of aliphatic hydroxyl groups is 1. The first-order valence-corrected chi connectivity index (χ1v) is 12.8. The molecule has 1 fully saturated rings. The van der Waals surface area contributed by atoms with Crippen LogP contribution in [0.4, 0.5) is 0 Å². The summed E-state index contributed by atoms with van der Waals surface area (Å²) in [5.74, 6) is -0.769. The first-order chi connectivity index (χ1) is 16.9. The van der Waals surface area contributed by atoms with E-state index in [0.29, 0.717) is 36.0 Å². The average Bonchev–Trinajstić information content (AvgIpc) is 3.12. The normalized spacial score (nSPS) is 17.4. The molecule has 1 atom stereocenters. The molecule has 2 aromatic rings. The standard InChI is InChI=1S/C28H35ClN2O4/c1-4-7-8-19-35-23-15-11-21(12-16-23)26(32)24-25(20-9-13-22(29)14-10-20)31(28(34)27(24)33)18-17-30(5-2)6-3/h9-16,25,32H,4-8,17-19H2,1-3H3/b26-24-. The second kappa shape index (κ2) is 12.8. The fourth-order valence-electron chi connectivity index (χ4n) is 4.30. The van der Waals surface area contributed by atoms with Gasteiger partial charge in [-0.25, -0.2) is 0 Å². The molecule has 0 bridgehead atoms. The smallest absolute Gasteiger partial charge is 0.295 e. The van der Waals surface area contributed by atoms with Crippen molar-refractivity contribution >= 4 is 29.1 Å². The van der Waals surface area contributed by atoms with Gasteiger partial charge in [0.25, 0.3) is 11.7 Å². The van der Waals surface area contributed by atoms with E-state index >= 15 is 0 Å². The molecule has 2 aromatic carbocycles. The van der Waals surface area contributed by atoms with E-state index in [1.807, 2.05) is 0 Å². The maximum atomic E-state index is 13.2. The van der Waals surface area contributed by atoms with Gasteiger partial charge in [0.1, 0.15) is 11.5 Å². The number of amides is 1. The van der Waals surface area contributed by atoms with Crippen LogP contribution < -0.4 is 4.74 Å². The van der Waals surface area contributed by atoms with Crippen molar-refractivity contribution in [1.82, 2.24) is 9.80 Å². The quantitative estimate of drug-likeness (QED) is 0.177. The summed E-state index contributed by atoms with van der Waals surface area (Å²) in [5, 5.41) is 11.8. The summed E-state index contributed by atoms with van der Waals surface area (Å²) in [6, 6.07) is 13.3. The Morgan fingerprint density at radius 1 is 1.00 bits per heavy atom. The number of ketones is 1. The fraction of sp³-hybridized carbons (Fsp3) is 0.429. The molecule has 1 aliphatic heterocycles. The molecule has 6 nitrogen and oxygen atoms in total. The van der Waals surface area contributed by atoms with E-state index in [4.69, 9.17) is 16.3 Å². The van der Waals surface area contributed by atoms with E-state index < -0.39 is 17.7 Å². The molecule has 1 N–H and O–H groups in total. The van der Waals surface area contributed by atoms with Gasteiger partial charge in [0.05, 0.1) is 18.2 Å². The van der Waals surface area contributed by atoms with Crippen LogP contribution in [0.5, 0.6) is 5.75 Å². The van der Waals surface area contributed by atoms with Gasteiger partial charge in [0.2, 0.25) is 0 Å². The number of likely N-dealkylation sites (N-methyl/N-ethyl adjacent to an activating group) is 1. The Bertz CT molecular complexity index is 1030. The molecule has 3 rings (SSSR count). The molecule has 1 saturated heterocycles. The van der Waals surface area contributed by atoms with Crippen LogP contribution in [-0.2, 0) is 9.59 Å². The van der Waals surface area contributed by atoms with Crippen molar-refractivity contribution in [2.75, 3.05) is 32.8 Å². The molecule has 1 heterocycles. The van der Waals surface area contributed by atoms with E-state index in [1.165, 1.54) is 0 Å². The second-order valence-electron chi connectivity index (χ2n) is 8.65. The van der Waals surface area contributed by atoms with Gasteiger partial charge in [-0.1, -0.05) is 57.3 Å². The van der Waals surface area contributed by atoms with Crippen LogP contribution in [0, 0.1) is 0 Å². The monoisotopic (exact) mass is 498 g/mol. The summed E-state index contributed by atoms with van der Waals surface area (Å²) in [4.78, 5) is 30.0. The number of rotatable bonds is 12. The summed E-state index contributed by atoms with van der Waals surface area (Å²) in [5.41, 5.74) is 1.28. The third-order valence-corrected chi connectivity index (χ3v) is 6.67. The molecule has 1 amide bonds. The number of hydrogen-bond donors (Lipinski definition) is 1. The SMILES string of the molecule is CCCCCOc1ccc(/C(O)=C2/C(=O)C(=O)N(CCN(CC)CC)C2c2ccc(Cl)cc2)cc1. The first kappa shape index (κ1) is 26.8. The minimum atomic E-state index is -0.687. The Morgan fingerprint density at radius 3 is 2.26 bits per heavy atom. The van der Waals surface area contributed by atoms with Crippen molar-refractivity contribution in [2.45, 2.75) is 46.1 Å². The van der Waals surface area contributed by atoms with Crippen LogP contribution in [-0.4, -0.2) is 59.4 Å². The van der Waals surface area contributed by atoms with Gasteiger partial charge < -0.3 is 19.6 Å². The molecule has 188 valence electrons. The van der Waals surface area contributed by atoms with Crippen molar-refractivity contribution < 1.29 is 19.4 Å². The summed E-state index contributed by atoms with van der Waals surface area (Å²) >= 11 is 6.09. The zero-order chi connectivity index (χ0) is 25.4. The molecule has 7 heteroatoms. The molecule has 0 aromatic heterocycles. The van der Waals surface area contributed by atoms with Crippen LogP contribution in [0.1, 0.15) is 57.2 Å². The lowest BCUT2D eigenvalue weighted by Gasteiger charge is -2.28. The third kappa shape index (κ3) is 6.44. The Balaban J connectivity index is 1.94. The number of hydrogen-bond acceptors (Lipinski definition) is 5. The van der Waals surface area contributed by atoms with Crippen molar-refractivity contribution in [3.8, 4) is 5.75 Å².